The van der Waals surface area contributed by atoms with Gasteiger partial charge in [0.2, 0.25) is 0 Å². The van der Waals surface area contributed by atoms with Crippen LogP contribution in [0.3, 0.4) is 0 Å². The molecule has 1 aromatic heterocycles. The highest BCUT2D eigenvalue weighted by molar-refractivity contribution is 7.80. The second-order valence-corrected chi connectivity index (χ2v) is 5.14. The Hall–Kier alpha value is -2.53. The molecule has 104 valence electrons. The molecule has 0 fully saturated rings. The van der Waals surface area contributed by atoms with Gasteiger partial charge in [-0.1, -0.05) is 48.6 Å². The average molecular weight is 294 g/mol. The Kier molecular flexibility index (Phi) is 3.50. The molecule has 3 aromatic rings. The van der Waals surface area contributed by atoms with E-state index in [1.807, 2.05) is 60.5 Å². The van der Waals surface area contributed by atoms with Crippen LogP contribution in [0.2, 0.25) is 0 Å². The van der Waals surface area contributed by atoms with Crippen molar-refractivity contribution in [2.45, 2.75) is 0 Å². The van der Waals surface area contributed by atoms with Crippen LogP contribution < -0.4 is 10.6 Å². The number of nitrogens with zero attached hydrogens (tertiary/aromatic N) is 3. The molecule has 0 aliphatic carbocycles. The SMILES string of the molecule is CN(c1ccccc1C(N)=S)c1nncc2ccccc12. The van der Waals surface area contributed by atoms with E-state index >= 15 is 0 Å². The molecule has 2 N–H and O–H groups in total. The van der Waals surface area contributed by atoms with E-state index in [1.54, 1.807) is 6.20 Å². The quantitative estimate of drug-likeness (QED) is 0.752. The zero-order valence-electron chi connectivity index (χ0n) is 11.5. The highest BCUT2D eigenvalue weighted by Gasteiger charge is 2.14. The molecule has 0 bridgehead atoms. The molecule has 0 saturated carbocycles. The van der Waals surface area contributed by atoms with Gasteiger partial charge >= 0.3 is 0 Å². The minimum atomic E-state index is 0.366. The van der Waals surface area contributed by atoms with Crippen molar-refractivity contribution in [2.75, 3.05) is 11.9 Å². The lowest BCUT2D eigenvalue weighted by Gasteiger charge is -2.21. The summed E-state index contributed by atoms with van der Waals surface area (Å²) in [5.41, 5.74) is 7.55. The van der Waals surface area contributed by atoms with E-state index in [0.29, 0.717) is 4.99 Å². The maximum absolute atomic E-state index is 5.81. The number of hydrogen-bond donors (Lipinski definition) is 1. The van der Waals surface area contributed by atoms with Crippen molar-refractivity contribution in [1.29, 1.82) is 0 Å². The predicted molar refractivity (Wildman–Crippen MR) is 89.9 cm³/mol. The molecule has 1 heterocycles. The van der Waals surface area contributed by atoms with E-state index in [2.05, 4.69) is 10.2 Å². The largest absolute Gasteiger partial charge is 0.389 e. The zero-order chi connectivity index (χ0) is 14.8. The number of hydrogen-bond acceptors (Lipinski definition) is 4. The predicted octanol–water partition coefficient (Wildman–Crippen LogP) is 3.03. The van der Waals surface area contributed by atoms with Crippen LogP contribution in [-0.4, -0.2) is 22.2 Å². The Bertz CT molecular complexity index is 811. The molecular formula is C16H14N4S. The van der Waals surface area contributed by atoms with Crippen molar-refractivity contribution >= 4 is 39.5 Å². The number of nitrogens with two attached hydrogens (primary N) is 1. The summed E-state index contributed by atoms with van der Waals surface area (Å²) in [5, 5.41) is 10.4. The third-order valence-electron chi connectivity index (χ3n) is 3.40. The number of rotatable bonds is 3. The van der Waals surface area contributed by atoms with E-state index in [-0.39, 0.29) is 0 Å². The number of fused-ring (bicyclic) bond motifs is 1. The summed E-state index contributed by atoms with van der Waals surface area (Å²) in [6, 6.07) is 15.8. The highest BCUT2D eigenvalue weighted by Crippen LogP contribution is 2.30. The van der Waals surface area contributed by atoms with Crippen molar-refractivity contribution < 1.29 is 0 Å². The van der Waals surface area contributed by atoms with Crippen LogP contribution in [0.1, 0.15) is 5.56 Å². The molecule has 0 aliphatic heterocycles. The molecule has 21 heavy (non-hydrogen) atoms. The van der Waals surface area contributed by atoms with Gasteiger partial charge in [-0.05, 0) is 12.1 Å². The van der Waals surface area contributed by atoms with Gasteiger partial charge in [-0.3, -0.25) is 0 Å². The van der Waals surface area contributed by atoms with Gasteiger partial charge < -0.3 is 10.6 Å². The Morgan fingerprint density at radius 2 is 1.81 bits per heavy atom. The molecule has 0 aliphatic rings. The third kappa shape index (κ3) is 2.43. The Morgan fingerprint density at radius 1 is 1.10 bits per heavy atom. The van der Waals surface area contributed by atoms with Gasteiger partial charge in [0.15, 0.2) is 5.82 Å². The first-order chi connectivity index (χ1) is 10.2. The van der Waals surface area contributed by atoms with Crippen molar-refractivity contribution in [3.8, 4) is 0 Å². The number of para-hydroxylation sites is 1. The molecule has 5 heteroatoms. The molecule has 4 nitrogen and oxygen atoms in total. The second-order valence-electron chi connectivity index (χ2n) is 4.70. The van der Waals surface area contributed by atoms with E-state index in [0.717, 1.165) is 27.8 Å². The molecule has 0 atom stereocenters. The summed E-state index contributed by atoms with van der Waals surface area (Å²) in [6.07, 6.45) is 1.76. The normalized spacial score (nSPS) is 10.5. The average Bonchev–Trinajstić information content (AvgIpc) is 2.53. The van der Waals surface area contributed by atoms with Crippen molar-refractivity contribution in [1.82, 2.24) is 10.2 Å². The van der Waals surface area contributed by atoms with Crippen LogP contribution in [0.4, 0.5) is 11.5 Å². The monoisotopic (exact) mass is 294 g/mol. The standard InChI is InChI=1S/C16H14N4S/c1-20(14-9-5-4-8-13(14)15(17)21)16-12-7-3-2-6-11(12)10-18-19-16/h2-10H,1H3,(H2,17,21). The molecule has 0 radical (unpaired) electrons. The van der Waals surface area contributed by atoms with Crippen LogP contribution in [0, 0.1) is 0 Å². The van der Waals surface area contributed by atoms with Crippen molar-refractivity contribution in [2.24, 2.45) is 5.73 Å². The van der Waals surface area contributed by atoms with Crippen LogP contribution >= 0.6 is 12.2 Å². The Balaban J connectivity index is 2.18. The molecule has 0 spiro atoms. The minimum absolute atomic E-state index is 0.366. The lowest BCUT2D eigenvalue weighted by Crippen LogP contribution is -2.18. The van der Waals surface area contributed by atoms with Gasteiger partial charge in [0.1, 0.15) is 4.99 Å². The molecule has 0 saturated heterocycles. The van der Waals surface area contributed by atoms with Gasteiger partial charge in [-0.2, -0.15) is 5.10 Å². The van der Waals surface area contributed by atoms with E-state index in [1.165, 1.54) is 0 Å². The summed E-state index contributed by atoms with van der Waals surface area (Å²) in [7, 11) is 1.94. The fourth-order valence-corrected chi connectivity index (χ4v) is 2.52. The summed E-state index contributed by atoms with van der Waals surface area (Å²) in [4.78, 5) is 2.33. The smallest absolute Gasteiger partial charge is 0.163 e. The van der Waals surface area contributed by atoms with Crippen LogP contribution in [0.15, 0.2) is 54.7 Å². The number of thiocarbonyl (C=S) groups is 1. The second kappa shape index (κ2) is 5.46. The lowest BCUT2D eigenvalue weighted by atomic mass is 10.1. The number of benzene rings is 2. The topological polar surface area (TPSA) is 55.0 Å². The summed E-state index contributed by atoms with van der Waals surface area (Å²) >= 11 is 5.13. The number of aromatic nitrogens is 2. The fraction of sp³-hybridized carbons (Fsp3) is 0.0625. The molecule has 0 unspecified atom stereocenters. The van der Waals surface area contributed by atoms with E-state index < -0.39 is 0 Å². The van der Waals surface area contributed by atoms with Crippen LogP contribution in [0.25, 0.3) is 10.8 Å². The fourth-order valence-electron chi connectivity index (χ4n) is 2.35. The first-order valence-corrected chi connectivity index (χ1v) is 6.92. The highest BCUT2D eigenvalue weighted by atomic mass is 32.1. The molecular weight excluding hydrogens is 280 g/mol. The Morgan fingerprint density at radius 3 is 2.62 bits per heavy atom. The molecule has 2 aromatic carbocycles. The van der Waals surface area contributed by atoms with Crippen LogP contribution in [-0.2, 0) is 0 Å². The maximum Gasteiger partial charge on any atom is 0.163 e. The summed E-state index contributed by atoms with van der Waals surface area (Å²) in [6.45, 7) is 0. The van der Waals surface area contributed by atoms with Gasteiger partial charge in [-0.15, -0.1) is 5.10 Å². The van der Waals surface area contributed by atoms with Gasteiger partial charge in [0.05, 0.1) is 11.9 Å². The summed E-state index contributed by atoms with van der Waals surface area (Å²) < 4.78 is 0. The van der Waals surface area contributed by atoms with Gasteiger partial charge in [0.25, 0.3) is 0 Å². The summed E-state index contributed by atoms with van der Waals surface area (Å²) in [5.74, 6) is 0.775. The lowest BCUT2D eigenvalue weighted by molar-refractivity contribution is 1.00. The van der Waals surface area contributed by atoms with Crippen LogP contribution in [0.5, 0.6) is 0 Å². The van der Waals surface area contributed by atoms with Crippen molar-refractivity contribution in [3.05, 3.63) is 60.3 Å². The van der Waals surface area contributed by atoms with E-state index in [4.69, 9.17) is 18.0 Å². The number of anilines is 2. The zero-order valence-corrected chi connectivity index (χ0v) is 12.3. The molecule has 0 amide bonds. The van der Waals surface area contributed by atoms with E-state index in [9.17, 15) is 0 Å². The first-order valence-electron chi connectivity index (χ1n) is 6.51. The maximum atomic E-state index is 5.81. The van der Waals surface area contributed by atoms with Gasteiger partial charge in [0, 0.05) is 23.4 Å². The molecule has 3 rings (SSSR count). The van der Waals surface area contributed by atoms with Gasteiger partial charge in [-0.25, -0.2) is 0 Å². The van der Waals surface area contributed by atoms with Crippen molar-refractivity contribution in [3.63, 3.8) is 0 Å². The third-order valence-corrected chi connectivity index (χ3v) is 3.62. The first kappa shape index (κ1) is 13.5. The minimum Gasteiger partial charge on any atom is -0.389 e. The Labute approximate surface area is 128 Å².